The lowest BCUT2D eigenvalue weighted by Crippen LogP contribution is -2.40. The number of hydrogen-bond donors (Lipinski definition) is 2. The van der Waals surface area contributed by atoms with Crippen LogP contribution in [0.15, 0.2) is 53.6 Å². The Balaban J connectivity index is 1.95. The second-order valence-corrected chi connectivity index (χ2v) is 4.84. The van der Waals surface area contributed by atoms with Crippen molar-refractivity contribution in [1.29, 1.82) is 0 Å². The molecular formula is C16H18N4O3. The average Bonchev–Trinajstić information content (AvgIpc) is 2.92. The highest BCUT2D eigenvalue weighted by Gasteiger charge is 2.17. The molecule has 0 atom stereocenters. The second kappa shape index (κ2) is 7.79. The van der Waals surface area contributed by atoms with Crippen molar-refractivity contribution in [1.82, 2.24) is 10.1 Å². The summed E-state index contributed by atoms with van der Waals surface area (Å²) in [5.41, 5.74) is 0.652. The first-order valence-corrected chi connectivity index (χ1v) is 7.03. The van der Waals surface area contributed by atoms with Gasteiger partial charge in [0, 0.05) is 18.3 Å². The molecule has 0 spiro atoms. The van der Waals surface area contributed by atoms with Gasteiger partial charge in [-0.3, -0.25) is 4.79 Å². The molecule has 120 valence electrons. The van der Waals surface area contributed by atoms with Crippen molar-refractivity contribution in [2.75, 3.05) is 23.7 Å². The van der Waals surface area contributed by atoms with Crippen LogP contribution >= 0.6 is 0 Å². The third-order valence-corrected chi connectivity index (χ3v) is 2.89. The van der Waals surface area contributed by atoms with E-state index in [1.165, 1.54) is 4.90 Å². The quantitative estimate of drug-likeness (QED) is 0.802. The largest absolute Gasteiger partial charge is 0.360 e. The van der Waals surface area contributed by atoms with E-state index in [-0.39, 0.29) is 25.0 Å². The highest BCUT2D eigenvalue weighted by Crippen LogP contribution is 2.09. The van der Waals surface area contributed by atoms with Crippen molar-refractivity contribution in [3.63, 3.8) is 0 Å². The molecule has 0 aliphatic carbocycles. The van der Waals surface area contributed by atoms with E-state index in [1.54, 1.807) is 31.2 Å². The maximum Gasteiger partial charge on any atom is 0.322 e. The van der Waals surface area contributed by atoms with Gasteiger partial charge in [-0.1, -0.05) is 29.4 Å². The SMILES string of the molecule is C=CCN(CC(=O)Nc1cc(C)on1)C(=O)Nc1ccccc1. The van der Waals surface area contributed by atoms with Gasteiger partial charge >= 0.3 is 6.03 Å². The number of aromatic nitrogens is 1. The minimum atomic E-state index is -0.386. The lowest BCUT2D eigenvalue weighted by molar-refractivity contribution is -0.116. The van der Waals surface area contributed by atoms with E-state index in [0.717, 1.165) is 0 Å². The summed E-state index contributed by atoms with van der Waals surface area (Å²) in [6, 6.07) is 10.2. The fourth-order valence-corrected chi connectivity index (χ4v) is 1.88. The van der Waals surface area contributed by atoms with Crippen molar-refractivity contribution in [2.24, 2.45) is 0 Å². The molecule has 1 aromatic carbocycles. The number of amides is 3. The van der Waals surface area contributed by atoms with E-state index in [9.17, 15) is 9.59 Å². The summed E-state index contributed by atoms with van der Waals surface area (Å²) < 4.78 is 4.87. The molecule has 0 fully saturated rings. The van der Waals surface area contributed by atoms with Gasteiger partial charge in [-0.05, 0) is 19.1 Å². The molecule has 2 N–H and O–H groups in total. The van der Waals surface area contributed by atoms with E-state index in [4.69, 9.17) is 4.52 Å². The molecule has 2 rings (SSSR count). The molecule has 7 heteroatoms. The summed E-state index contributed by atoms with van der Waals surface area (Å²) in [6.45, 7) is 5.44. The normalized spacial score (nSPS) is 9.96. The molecule has 0 saturated carbocycles. The average molecular weight is 314 g/mol. The number of nitrogens with one attached hydrogen (secondary N) is 2. The minimum absolute atomic E-state index is 0.128. The van der Waals surface area contributed by atoms with Gasteiger partial charge in [0.2, 0.25) is 5.91 Å². The van der Waals surface area contributed by atoms with Crippen molar-refractivity contribution < 1.29 is 14.1 Å². The molecule has 0 unspecified atom stereocenters. The van der Waals surface area contributed by atoms with Crippen molar-refractivity contribution in [2.45, 2.75) is 6.92 Å². The molecule has 7 nitrogen and oxygen atoms in total. The zero-order chi connectivity index (χ0) is 16.7. The number of aryl methyl sites for hydroxylation is 1. The number of urea groups is 1. The van der Waals surface area contributed by atoms with Crippen LogP contribution in [-0.4, -0.2) is 35.1 Å². The molecule has 3 amide bonds. The Kier molecular flexibility index (Phi) is 5.51. The molecular weight excluding hydrogens is 296 g/mol. The van der Waals surface area contributed by atoms with Gasteiger partial charge in [0.05, 0.1) is 0 Å². The van der Waals surface area contributed by atoms with Crippen LogP contribution in [0.2, 0.25) is 0 Å². The Hall–Kier alpha value is -3.09. The standard InChI is InChI=1S/C16H18N4O3/c1-3-9-20(16(22)17-13-7-5-4-6-8-13)11-15(21)18-14-10-12(2)23-19-14/h3-8,10H,1,9,11H2,2H3,(H,17,22)(H,18,19,21). The molecule has 23 heavy (non-hydrogen) atoms. The summed E-state index contributed by atoms with van der Waals surface area (Å²) >= 11 is 0. The lowest BCUT2D eigenvalue weighted by atomic mass is 10.3. The first-order valence-electron chi connectivity index (χ1n) is 7.03. The van der Waals surface area contributed by atoms with Gasteiger partial charge in [-0.25, -0.2) is 4.79 Å². The Morgan fingerprint density at radius 1 is 1.30 bits per heavy atom. The number of benzene rings is 1. The van der Waals surface area contributed by atoms with Crippen molar-refractivity contribution in [3.8, 4) is 0 Å². The van der Waals surface area contributed by atoms with Gasteiger partial charge in [0.15, 0.2) is 5.82 Å². The zero-order valence-corrected chi connectivity index (χ0v) is 12.8. The Morgan fingerprint density at radius 3 is 2.65 bits per heavy atom. The van der Waals surface area contributed by atoms with Gasteiger partial charge in [0.1, 0.15) is 12.3 Å². The molecule has 0 saturated heterocycles. The van der Waals surface area contributed by atoms with Crippen LogP contribution in [0.5, 0.6) is 0 Å². The van der Waals surface area contributed by atoms with Gasteiger partial charge in [-0.2, -0.15) is 0 Å². The molecule has 0 aliphatic rings. The predicted molar refractivity (Wildman–Crippen MR) is 87.1 cm³/mol. The molecule has 1 aromatic heterocycles. The summed E-state index contributed by atoms with van der Waals surface area (Å²) in [4.78, 5) is 25.6. The Bertz CT molecular complexity index is 682. The number of anilines is 2. The first-order chi connectivity index (χ1) is 11.1. The lowest BCUT2D eigenvalue weighted by Gasteiger charge is -2.20. The van der Waals surface area contributed by atoms with E-state index >= 15 is 0 Å². The third kappa shape index (κ3) is 4.99. The highest BCUT2D eigenvalue weighted by atomic mass is 16.5. The van der Waals surface area contributed by atoms with Crippen molar-refractivity contribution in [3.05, 3.63) is 54.8 Å². The monoisotopic (exact) mass is 314 g/mol. The fourth-order valence-electron chi connectivity index (χ4n) is 1.88. The van der Waals surface area contributed by atoms with Gasteiger partial charge < -0.3 is 20.1 Å². The maximum atomic E-state index is 12.2. The second-order valence-electron chi connectivity index (χ2n) is 4.84. The molecule has 0 radical (unpaired) electrons. The molecule has 2 aromatic rings. The summed E-state index contributed by atoms with van der Waals surface area (Å²) in [7, 11) is 0. The Morgan fingerprint density at radius 2 is 2.04 bits per heavy atom. The maximum absolute atomic E-state index is 12.2. The predicted octanol–water partition coefficient (Wildman–Crippen LogP) is 2.64. The smallest absolute Gasteiger partial charge is 0.322 e. The van der Waals surface area contributed by atoms with Gasteiger partial charge in [0.25, 0.3) is 0 Å². The van der Waals surface area contributed by atoms with Crippen LogP contribution in [0.25, 0.3) is 0 Å². The number of rotatable bonds is 6. The first kappa shape index (κ1) is 16.3. The number of para-hydroxylation sites is 1. The van der Waals surface area contributed by atoms with Crippen LogP contribution in [0, 0.1) is 6.92 Å². The molecule has 0 bridgehead atoms. The van der Waals surface area contributed by atoms with Crippen LogP contribution < -0.4 is 10.6 Å². The van der Waals surface area contributed by atoms with Crippen LogP contribution in [0.3, 0.4) is 0 Å². The molecule has 0 aliphatic heterocycles. The summed E-state index contributed by atoms with van der Waals surface area (Å²) in [5.74, 6) is 0.531. The Labute approximate surface area is 134 Å². The third-order valence-electron chi connectivity index (χ3n) is 2.89. The topological polar surface area (TPSA) is 87.5 Å². The van der Waals surface area contributed by atoms with Gasteiger partial charge in [-0.15, -0.1) is 6.58 Å². The summed E-state index contributed by atoms with van der Waals surface area (Å²) in [5, 5.41) is 8.97. The number of hydrogen-bond acceptors (Lipinski definition) is 4. The number of carbonyl (C=O) groups is 2. The van der Waals surface area contributed by atoms with Crippen molar-refractivity contribution >= 4 is 23.4 Å². The minimum Gasteiger partial charge on any atom is -0.360 e. The van der Waals surface area contributed by atoms with Crippen LogP contribution in [-0.2, 0) is 4.79 Å². The van der Waals surface area contributed by atoms with E-state index in [1.807, 2.05) is 18.2 Å². The van der Waals surface area contributed by atoms with Crippen LogP contribution in [0.4, 0.5) is 16.3 Å². The zero-order valence-electron chi connectivity index (χ0n) is 12.8. The van der Waals surface area contributed by atoms with E-state index < -0.39 is 0 Å². The fraction of sp³-hybridized carbons (Fsp3) is 0.188. The van der Waals surface area contributed by atoms with E-state index in [2.05, 4.69) is 22.4 Å². The number of nitrogens with zero attached hydrogens (tertiary/aromatic N) is 2. The number of carbonyl (C=O) groups excluding carboxylic acids is 2. The molecule has 1 heterocycles. The van der Waals surface area contributed by atoms with Crippen LogP contribution in [0.1, 0.15) is 5.76 Å². The van der Waals surface area contributed by atoms with E-state index in [0.29, 0.717) is 17.3 Å². The highest BCUT2D eigenvalue weighted by molar-refractivity contribution is 5.96. The summed E-state index contributed by atoms with van der Waals surface area (Å²) in [6.07, 6.45) is 1.55.